The van der Waals surface area contributed by atoms with Crippen molar-refractivity contribution in [1.82, 2.24) is 0 Å². The molecule has 3 aromatic rings. The second kappa shape index (κ2) is 8.24. The van der Waals surface area contributed by atoms with Crippen molar-refractivity contribution in [2.45, 2.75) is 24.8 Å². The third kappa shape index (κ3) is 4.24. The van der Waals surface area contributed by atoms with Gasteiger partial charge in [-0.1, -0.05) is 41.4 Å². The molecule has 1 aliphatic heterocycles. The molecule has 0 aromatic heterocycles. The Hall–Kier alpha value is -3.03. The van der Waals surface area contributed by atoms with E-state index in [1.54, 1.807) is 24.3 Å². The van der Waals surface area contributed by atoms with E-state index in [1.165, 1.54) is 28.6 Å². The second-order valence-electron chi connectivity index (χ2n) is 7.37. The van der Waals surface area contributed by atoms with Gasteiger partial charge >= 0.3 is 0 Å². The van der Waals surface area contributed by atoms with Crippen LogP contribution in [0.4, 0.5) is 11.4 Å². The van der Waals surface area contributed by atoms with Crippen LogP contribution in [-0.4, -0.2) is 27.0 Å². The fourth-order valence-electron chi connectivity index (χ4n) is 3.47. The van der Waals surface area contributed by atoms with E-state index < -0.39 is 22.0 Å². The molecule has 0 aliphatic carbocycles. The fraction of sp³-hybridized carbons (Fsp3) is 0.174. The quantitative estimate of drug-likeness (QED) is 0.624. The summed E-state index contributed by atoms with van der Waals surface area (Å²) in [7, 11) is -3.93. The van der Waals surface area contributed by atoms with Gasteiger partial charge in [-0.2, -0.15) is 0 Å². The minimum Gasteiger partial charge on any atom is -0.476 e. The number of rotatable bonds is 4. The number of carbonyl (C=O) groups excluding carboxylic acids is 1. The second-order valence-corrected chi connectivity index (χ2v) is 9.67. The number of fused-ring (bicyclic) bond motifs is 1. The normalized spacial score (nSPS) is 15.7. The Labute approximate surface area is 186 Å². The highest BCUT2D eigenvalue weighted by Gasteiger charge is 2.37. The number of amides is 1. The van der Waals surface area contributed by atoms with Crippen molar-refractivity contribution >= 4 is 38.9 Å². The van der Waals surface area contributed by atoms with Crippen LogP contribution in [0.25, 0.3) is 0 Å². The number of ether oxygens (including phenoxy) is 1. The van der Waals surface area contributed by atoms with E-state index in [-0.39, 0.29) is 11.4 Å². The number of hydrogen-bond acceptors (Lipinski definition) is 4. The molecule has 4 rings (SSSR count). The van der Waals surface area contributed by atoms with E-state index in [4.69, 9.17) is 16.3 Å². The van der Waals surface area contributed by atoms with Crippen LogP contribution in [-0.2, 0) is 14.8 Å². The van der Waals surface area contributed by atoms with Crippen LogP contribution in [0.1, 0.15) is 11.1 Å². The third-order valence-electron chi connectivity index (χ3n) is 5.07. The maximum Gasteiger partial charge on any atom is 0.267 e. The lowest BCUT2D eigenvalue weighted by atomic mass is 10.1. The molecule has 1 N–H and O–H groups in total. The van der Waals surface area contributed by atoms with Gasteiger partial charge in [0.2, 0.25) is 0 Å². The Morgan fingerprint density at radius 2 is 1.77 bits per heavy atom. The van der Waals surface area contributed by atoms with Gasteiger partial charge in [-0.25, -0.2) is 8.42 Å². The maximum atomic E-state index is 13.4. The van der Waals surface area contributed by atoms with E-state index in [9.17, 15) is 13.2 Å². The molecule has 0 bridgehead atoms. The molecule has 160 valence electrons. The lowest BCUT2D eigenvalue weighted by Gasteiger charge is -2.34. The number of halogens is 1. The molecular weight excluding hydrogens is 436 g/mol. The molecule has 3 aromatic carbocycles. The Bertz CT molecular complexity index is 1240. The zero-order valence-electron chi connectivity index (χ0n) is 17.0. The number of para-hydroxylation sites is 2. The minimum absolute atomic E-state index is 0.0853. The zero-order valence-corrected chi connectivity index (χ0v) is 18.6. The van der Waals surface area contributed by atoms with Gasteiger partial charge in [0.25, 0.3) is 15.9 Å². The van der Waals surface area contributed by atoms with Gasteiger partial charge in [0.15, 0.2) is 6.10 Å². The first-order valence-electron chi connectivity index (χ1n) is 9.68. The van der Waals surface area contributed by atoms with Crippen LogP contribution >= 0.6 is 11.6 Å². The lowest BCUT2D eigenvalue weighted by molar-refractivity contribution is -0.122. The minimum atomic E-state index is -3.93. The SMILES string of the molecule is Cc1ccc(NC(=O)C2CN(S(=O)(=O)c3ccc(Cl)cc3)c3ccccc3O2)c(C)c1. The van der Waals surface area contributed by atoms with E-state index in [1.807, 2.05) is 32.0 Å². The molecule has 8 heteroatoms. The standard InChI is InChI=1S/C23H21ClN2O4S/c1-15-7-12-19(16(2)13-15)25-23(27)22-14-26(20-5-3-4-6-21(20)30-22)31(28,29)18-10-8-17(24)9-11-18/h3-13,22H,14H2,1-2H3,(H,25,27). The number of anilines is 2. The smallest absolute Gasteiger partial charge is 0.267 e. The monoisotopic (exact) mass is 456 g/mol. The summed E-state index contributed by atoms with van der Waals surface area (Å²) in [4.78, 5) is 13.1. The molecule has 0 fully saturated rings. The molecule has 1 heterocycles. The molecule has 1 atom stereocenters. The first kappa shape index (κ1) is 21.2. The summed E-state index contributed by atoms with van der Waals surface area (Å²) in [6.45, 7) is 3.72. The molecule has 0 radical (unpaired) electrons. The molecule has 0 saturated heterocycles. The summed E-state index contributed by atoms with van der Waals surface area (Å²) in [5.41, 5.74) is 3.03. The topological polar surface area (TPSA) is 75.7 Å². The predicted octanol–water partition coefficient (Wildman–Crippen LogP) is 4.55. The van der Waals surface area contributed by atoms with Crippen molar-refractivity contribution in [2.24, 2.45) is 0 Å². The van der Waals surface area contributed by atoms with Crippen LogP contribution < -0.4 is 14.4 Å². The highest BCUT2D eigenvalue weighted by molar-refractivity contribution is 7.92. The highest BCUT2D eigenvalue weighted by Crippen LogP contribution is 2.37. The van der Waals surface area contributed by atoms with Gasteiger partial charge in [-0.15, -0.1) is 0 Å². The van der Waals surface area contributed by atoms with Crippen LogP contribution in [0.2, 0.25) is 5.02 Å². The van der Waals surface area contributed by atoms with Crippen molar-refractivity contribution in [3.8, 4) is 5.75 Å². The van der Waals surface area contributed by atoms with Crippen LogP contribution in [0.15, 0.2) is 71.6 Å². The first-order chi connectivity index (χ1) is 14.8. The van der Waals surface area contributed by atoms with Crippen molar-refractivity contribution < 1.29 is 17.9 Å². The Morgan fingerprint density at radius 3 is 2.48 bits per heavy atom. The van der Waals surface area contributed by atoms with Crippen molar-refractivity contribution in [3.63, 3.8) is 0 Å². The van der Waals surface area contributed by atoms with Crippen molar-refractivity contribution in [1.29, 1.82) is 0 Å². The van der Waals surface area contributed by atoms with E-state index >= 15 is 0 Å². The summed E-state index contributed by atoms with van der Waals surface area (Å²) >= 11 is 5.91. The highest BCUT2D eigenvalue weighted by atomic mass is 35.5. The Balaban J connectivity index is 1.67. The van der Waals surface area contributed by atoms with E-state index in [2.05, 4.69) is 5.32 Å². The fourth-order valence-corrected chi connectivity index (χ4v) is 5.07. The van der Waals surface area contributed by atoms with Gasteiger partial charge < -0.3 is 10.1 Å². The van der Waals surface area contributed by atoms with Crippen LogP contribution in [0.3, 0.4) is 0 Å². The van der Waals surface area contributed by atoms with Crippen molar-refractivity contribution in [2.75, 3.05) is 16.2 Å². The molecule has 0 spiro atoms. The summed E-state index contributed by atoms with van der Waals surface area (Å²) < 4.78 is 33.8. The number of hydrogen-bond donors (Lipinski definition) is 1. The van der Waals surface area contributed by atoms with Gasteiger partial charge in [-0.3, -0.25) is 9.10 Å². The summed E-state index contributed by atoms with van der Waals surface area (Å²) in [5, 5.41) is 3.29. The Kier molecular flexibility index (Phi) is 5.64. The molecule has 31 heavy (non-hydrogen) atoms. The lowest BCUT2D eigenvalue weighted by Crippen LogP contribution is -2.48. The average molecular weight is 457 g/mol. The molecule has 1 aliphatic rings. The largest absolute Gasteiger partial charge is 0.476 e. The number of benzene rings is 3. The van der Waals surface area contributed by atoms with Gasteiger partial charge in [0.05, 0.1) is 17.1 Å². The molecular formula is C23H21ClN2O4S. The molecule has 6 nitrogen and oxygen atoms in total. The third-order valence-corrected chi connectivity index (χ3v) is 7.11. The maximum absolute atomic E-state index is 13.4. The first-order valence-corrected chi connectivity index (χ1v) is 11.5. The number of sulfonamides is 1. The van der Waals surface area contributed by atoms with Crippen LogP contribution in [0, 0.1) is 13.8 Å². The number of nitrogens with one attached hydrogen (secondary N) is 1. The van der Waals surface area contributed by atoms with Gasteiger partial charge in [0.1, 0.15) is 5.75 Å². The molecule has 1 amide bonds. The zero-order chi connectivity index (χ0) is 22.2. The number of carbonyl (C=O) groups is 1. The van der Waals surface area contributed by atoms with Gasteiger partial charge in [-0.05, 0) is 61.9 Å². The average Bonchev–Trinajstić information content (AvgIpc) is 2.75. The molecule has 1 unspecified atom stereocenters. The summed E-state index contributed by atoms with van der Waals surface area (Å²) in [6, 6.07) is 18.4. The summed E-state index contributed by atoms with van der Waals surface area (Å²) in [6.07, 6.45) is -1.02. The summed E-state index contributed by atoms with van der Waals surface area (Å²) in [5.74, 6) is -0.0928. The Morgan fingerprint density at radius 1 is 1.06 bits per heavy atom. The number of aryl methyl sites for hydroxylation is 2. The number of nitrogens with zero attached hydrogens (tertiary/aromatic N) is 1. The van der Waals surface area contributed by atoms with Crippen molar-refractivity contribution in [3.05, 3.63) is 82.9 Å². The predicted molar refractivity (Wildman–Crippen MR) is 121 cm³/mol. The van der Waals surface area contributed by atoms with E-state index in [0.29, 0.717) is 22.1 Å². The van der Waals surface area contributed by atoms with Crippen LogP contribution in [0.5, 0.6) is 5.75 Å². The van der Waals surface area contributed by atoms with E-state index in [0.717, 1.165) is 11.1 Å². The van der Waals surface area contributed by atoms with Gasteiger partial charge in [0, 0.05) is 10.7 Å². The molecule has 0 saturated carbocycles.